The summed E-state index contributed by atoms with van der Waals surface area (Å²) in [5, 5.41) is 7.32. The third-order valence-corrected chi connectivity index (χ3v) is 6.26. The van der Waals surface area contributed by atoms with Gasteiger partial charge in [0.1, 0.15) is 17.9 Å². The first kappa shape index (κ1) is 22.3. The fourth-order valence-corrected chi connectivity index (χ4v) is 4.60. The van der Waals surface area contributed by atoms with Crippen molar-refractivity contribution >= 4 is 17.5 Å². The quantitative estimate of drug-likeness (QED) is 0.499. The lowest BCUT2D eigenvalue weighted by molar-refractivity contribution is -0.121. The van der Waals surface area contributed by atoms with Crippen LogP contribution in [0, 0.1) is 0 Å². The Morgan fingerprint density at radius 3 is 2.82 bits per heavy atom. The Bertz CT molecular complexity index is 1280. The second-order valence-corrected chi connectivity index (χ2v) is 8.55. The lowest BCUT2D eigenvalue weighted by Gasteiger charge is -2.19. The minimum Gasteiger partial charge on any atom is -0.383 e. The molecule has 1 aromatic carbocycles. The molecule has 2 aliphatic rings. The lowest BCUT2D eigenvalue weighted by Crippen LogP contribution is -2.35. The molecule has 4 heterocycles. The van der Waals surface area contributed by atoms with Gasteiger partial charge in [-0.1, -0.05) is 30.3 Å². The standard InChI is InChI=1S/C24H27N5O5/c1-33-11-9-25-20(30)15-28-21-12-19(16-6-3-2-4-7-16)26-29(21)23(31)18-14-27(24(32)22(18)28)13-17-8-5-10-34-17/h2-4,6-7,12,17H,5,8-11,13-15H2,1H3,(H,25,30). The van der Waals surface area contributed by atoms with Crippen LogP contribution in [-0.2, 0) is 27.4 Å². The van der Waals surface area contributed by atoms with Gasteiger partial charge < -0.3 is 24.3 Å². The number of hydrogen-bond acceptors (Lipinski definition) is 6. The van der Waals surface area contributed by atoms with Crippen LogP contribution in [-0.4, -0.2) is 70.4 Å². The van der Waals surface area contributed by atoms with Gasteiger partial charge in [-0.25, -0.2) is 0 Å². The molecule has 0 radical (unpaired) electrons. The van der Waals surface area contributed by atoms with Crippen molar-refractivity contribution in [2.75, 3.05) is 33.4 Å². The average molecular weight is 466 g/mol. The maximum absolute atomic E-state index is 13.4. The number of hydrogen-bond donors (Lipinski definition) is 1. The van der Waals surface area contributed by atoms with Crippen LogP contribution in [0.3, 0.4) is 0 Å². The number of nitrogens with one attached hydrogen (secondary N) is 1. The maximum Gasteiger partial charge on any atom is 0.280 e. The molecule has 1 fully saturated rings. The number of carbonyl (C=O) groups excluding carboxylic acids is 2. The van der Waals surface area contributed by atoms with E-state index in [-0.39, 0.29) is 42.3 Å². The van der Waals surface area contributed by atoms with E-state index >= 15 is 0 Å². The first-order valence-electron chi connectivity index (χ1n) is 11.4. The minimum atomic E-state index is -0.341. The molecule has 2 aromatic heterocycles. The molecule has 3 aromatic rings. The van der Waals surface area contributed by atoms with E-state index in [9.17, 15) is 14.4 Å². The molecule has 0 saturated carbocycles. The predicted octanol–water partition coefficient (Wildman–Crippen LogP) is 1.06. The number of rotatable bonds is 8. The highest BCUT2D eigenvalue weighted by Gasteiger charge is 2.36. The van der Waals surface area contributed by atoms with Crippen molar-refractivity contribution in [3.8, 4) is 11.3 Å². The maximum atomic E-state index is 13.4. The van der Waals surface area contributed by atoms with Crippen LogP contribution in [0.5, 0.6) is 0 Å². The van der Waals surface area contributed by atoms with Crippen molar-refractivity contribution in [3.05, 3.63) is 58.0 Å². The van der Waals surface area contributed by atoms with Crippen molar-refractivity contribution in [1.29, 1.82) is 0 Å². The van der Waals surface area contributed by atoms with Crippen molar-refractivity contribution in [2.45, 2.75) is 32.0 Å². The first-order chi connectivity index (χ1) is 16.6. The molecule has 2 amide bonds. The smallest absolute Gasteiger partial charge is 0.280 e. The predicted molar refractivity (Wildman–Crippen MR) is 123 cm³/mol. The summed E-state index contributed by atoms with van der Waals surface area (Å²) in [5.41, 5.74) is 2.09. The van der Waals surface area contributed by atoms with E-state index in [0.29, 0.717) is 43.2 Å². The fraction of sp³-hybridized carbons (Fsp3) is 0.417. The average Bonchev–Trinajstić information content (AvgIpc) is 3.58. The Kier molecular flexibility index (Phi) is 6.16. The number of carbonyl (C=O) groups is 2. The summed E-state index contributed by atoms with van der Waals surface area (Å²) in [4.78, 5) is 41.2. The van der Waals surface area contributed by atoms with Gasteiger partial charge in [-0.05, 0) is 12.8 Å². The van der Waals surface area contributed by atoms with Crippen LogP contribution < -0.4 is 10.9 Å². The Labute approximate surface area is 196 Å². The highest BCUT2D eigenvalue weighted by atomic mass is 16.5. The molecule has 178 valence electrons. The van der Waals surface area contributed by atoms with Crippen molar-refractivity contribution < 1.29 is 19.1 Å². The molecular formula is C24H27N5O5. The molecule has 34 heavy (non-hydrogen) atoms. The molecule has 1 saturated heterocycles. The van der Waals surface area contributed by atoms with Crippen molar-refractivity contribution in [1.82, 2.24) is 24.4 Å². The summed E-state index contributed by atoms with van der Waals surface area (Å²) in [7, 11) is 1.56. The van der Waals surface area contributed by atoms with Crippen LogP contribution in [0.4, 0.5) is 0 Å². The number of amides is 2. The Balaban J connectivity index is 1.57. The Morgan fingerprint density at radius 1 is 1.26 bits per heavy atom. The van der Waals surface area contributed by atoms with Gasteiger partial charge in [0, 0.05) is 38.4 Å². The Hall–Kier alpha value is -3.50. The van der Waals surface area contributed by atoms with E-state index in [0.717, 1.165) is 18.4 Å². The highest BCUT2D eigenvalue weighted by Crippen LogP contribution is 2.26. The molecule has 0 spiro atoms. The third-order valence-electron chi connectivity index (χ3n) is 6.26. The summed E-state index contributed by atoms with van der Waals surface area (Å²) in [6.07, 6.45) is 1.81. The van der Waals surface area contributed by atoms with E-state index in [2.05, 4.69) is 10.4 Å². The number of fused-ring (bicyclic) bond motifs is 2. The van der Waals surface area contributed by atoms with Crippen LogP contribution in [0.2, 0.25) is 0 Å². The number of ether oxygens (including phenoxy) is 2. The monoisotopic (exact) mass is 465 g/mol. The van der Waals surface area contributed by atoms with Crippen molar-refractivity contribution in [3.63, 3.8) is 0 Å². The van der Waals surface area contributed by atoms with Crippen LogP contribution in [0.1, 0.15) is 28.9 Å². The molecule has 5 rings (SSSR count). The second kappa shape index (κ2) is 9.40. The van der Waals surface area contributed by atoms with Gasteiger partial charge in [0.2, 0.25) is 5.91 Å². The van der Waals surface area contributed by atoms with Crippen LogP contribution in [0.25, 0.3) is 16.9 Å². The third kappa shape index (κ3) is 4.10. The summed E-state index contributed by atoms with van der Waals surface area (Å²) in [6, 6.07) is 11.2. The van der Waals surface area contributed by atoms with Gasteiger partial charge in [0.25, 0.3) is 11.5 Å². The molecule has 10 heteroatoms. The zero-order valence-electron chi connectivity index (χ0n) is 19.0. The molecule has 1 N–H and O–H groups in total. The van der Waals surface area contributed by atoms with Crippen LogP contribution in [0.15, 0.2) is 41.2 Å². The van der Waals surface area contributed by atoms with Gasteiger partial charge >= 0.3 is 0 Å². The zero-order chi connectivity index (χ0) is 23.7. The summed E-state index contributed by atoms with van der Waals surface area (Å²) in [5.74, 6) is -0.546. The molecule has 2 aliphatic heterocycles. The number of nitrogens with zero attached hydrogens (tertiary/aromatic N) is 4. The molecule has 10 nitrogen and oxygen atoms in total. The van der Waals surface area contributed by atoms with Gasteiger partial charge in [0.05, 0.1) is 30.5 Å². The van der Waals surface area contributed by atoms with E-state index in [4.69, 9.17) is 9.47 Å². The number of methoxy groups -OCH3 is 1. The highest BCUT2D eigenvalue weighted by molar-refractivity contribution is 5.98. The number of benzene rings is 1. The van der Waals surface area contributed by atoms with Gasteiger partial charge in [-0.3, -0.25) is 14.4 Å². The second-order valence-electron chi connectivity index (χ2n) is 8.55. The fourth-order valence-electron chi connectivity index (χ4n) is 4.60. The van der Waals surface area contributed by atoms with Crippen molar-refractivity contribution in [2.24, 2.45) is 0 Å². The molecule has 0 bridgehead atoms. The lowest BCUT2D eigenvalue weighted by atomic mass is 10.1. The van der Waals surface area contributed by atoms with E-state index < -0.39 is 0 Å². The Morgan fingerprint density at radius 2 is 2.09 bits per heavy atom. The van der Waals surface area contributed by atoms with E-state index in [1.165, 1.54) is 4.52 Å². The summed E-state index contributed by atoms with van der Waals surface area (Å²) < 4.78 is 13.6. The van der Waals surface area contributed by atoms with Gasteiger partial charge in [-0.15, -0.1) is 0 Å². The number of aromatic nitrogens is 3. The molecule has 1 atom stereocenters. The summed E-state index contributed by atoms with van der Waals surface area (Å²) >= 11 is 0. The van der Waals surface area contributed by atoms with Gasteiger partial charge in [-0.2, -0.15) is 9.61 Å². The normalized spacial score (nSPS) is 17.5. The van der Waals surface area contributed by atoms with E-state index in [1.807, 2.05) is 30.3 Å². The molecule has 1 unspecified atom stereocenters. The van der Waals surface area contributed by atoms with Crippen LogP contribution >= 0.6 is 0 Å². The molecular weight excluding hydrogens is 438 g/mol. The first-order valence-corrected chi connectivity index (χ1v) is 11.4. The molecule has 0 aliphatic carbocycles. The van der Waals surface area contributed by atoms with Gasteiger partial charge in [0.15, 0.2) is 0 Å². The summed E-state index contributed by atoms with van der Waals surface area (Å²) in [6.45, 7) is 1.89. The van der Waals surface area contributed by atoms with E-state index in [1.54, 1.807) is 22.6 Å². The SMILES string of the molecule is COCCNC(=O)Cn1c2c(c(=O)n3nc(-c4ccccc4)cc13)CN(CC1CCCO1)C2=O. The minimum absolute atomic E-state index is 0.0343. The topological polar surface area (TPSA) is 107 Å². The zero-order valence-corrected chi connectivity index (χ0v) is 19.0. The largest absolute Gasteiger partial charge is 0.383 e.